The van der Waals surface area contributed by atoms with Crippen LogP contribution in [0.15, 0.2) is 17.5 Å². The zero-order valence-corrected chi connectivity index (χ0v) is 10.7. The van der Waals surface area contributed by atoms with Gasteiger partial charge in [-0.1, -0.05) is 11.8 Å². The molecule has 1 aliphatic rings. The summed E-state index contributed by atoms with van der Waals surface area (Å²) in [5, 5.41) is 14.6. The number of rotatable bonds is 4. The fourth-order valence-electron chi connectivity index (χ4n) is 1.41. The van der Waals surface area contributed by atoms with Crippen molar-refractivity contribution >= 4 is 28.7 Å². The molecule has 1 aromatic heterocycles. The number of aliphatic hydroxyl groups is 1. The number of hydrogen-bond acceptors (Lipinski definition) is 6. The smallest absolute Gasteiger partial charge is 0.270 e. The Bertz CT molecular complexity index is 487. The predicted molar refractivity (Wildman–Crippen MR) is 69.8 cm³/mol. The van der Waals surface area contributed by atoms with Gasteiger partial charge in [-0.05, 0) is 0 Å². The summed E-state index contributed by atoms with van der Waals surface area (Å²) in [4.78, 5) is 33.9. The fraction of sp³-hybridized carbons (Fsp3) is 0.400. The van der Waals surface area contributed by atoms with Crippen molar-refractivity contribution in [3.63, 3.8) is 0 Å². The zero-order valence-electron chi connectivity index (χ0n) is 9.92. The average molecular weight is 283 g/mol. The summed E-state index contributed by atoms with van der Waals surface area (Å²) in [5.41, 5.74) is 0.221. The van der Waals surface area contributed by atoms with Gasteiger partial charge in [-0.25, -0.2) is 4.98 Å². The maximum Gasteiger partial charge on any atom is 0.270 e. The highest BCUT2D eigenvalue weighted by atomic mass is 32.2. The lowest BCUT2D eigenvalue weighted by atomic mass is 10.2. The molecule has 0 bridgehead atoms. The van der Waals surface area contributed by atoms with Gasteiger partial charge >= 0.3 is 0 Å². The molecule has 0 saturated carbocycles. The van der Waals surface area contributed by atoms with Gasteiger partial charge in [0.15, 0.2) is 5.17 Å². The molecular weight excluding hydrogens is 270 g/mol. The van der Waals surface area contributed by atoms with E-state index < -0.39 is 24.5 Å². The maximum absolute atomic E-state index is 11.8. The van der Waals surface area contributed by atoms with Crippen LogP contribution in [0.1, 0.15) is 10.5 Å². The van der Waals surface area contributed by atoms with E-state index in [1.165, 1.54) is 24.3 Å². The highest BCUT2D eigenvalue weighted by Crippen LogP contribution is 2.08. The number of imidazole rings is 1. The number of nitrogens with one attached hydrogen (secondary N) is 3. The quantitative estimate of drug-likeness (QED) is 0.548. The van der Waals surface area contributed by atoms with Crippen molar-refractivity contribution < 1.29 is 14.7 Å². The number of aromatic nitrogens is 2. The lowest BCUT2D eigenvalue weighted by molar-refractivity contribution is -0.122. The van der Waals surface area contributed by atoms with Gasteiger partial charge in [0.2, 0.25) is 0 Å². The van der Waals surface area contributed by atoms with E-state index in [2.05, 4.69) is 25.6 Å². The minimum Gasteiger partial charge on any atom is -0.394 e. The molecule has 0 radical (unpaired) electrons. The second kappa shape index (κ2) is 6.34. The molecule has 1 aliphatic heterocycles. The van der Waals surface area contributed by atoms with Gasteiger partial charge in [0.05, 0.1) is 25.7 Å². The van der Waals surface area contributed by atoms with Crippen molar-refractivity contribution in [3.05, 3.63) is 18.2 Å². The largest absolute Gasteiger partial charge is 0.394 e. The Morgan fingerprint density at radius 3 is 3.00 bits per heavy atom. The fourth-order valence-corrected chi connectivity index (χ4v) is 2.14. The van der Waals surface area contributed by atoms with E-state index in [-0.39, 0.29) is 5.69 Å². The summed E-state index contributed by atoms with van der Waals surface area (Å²) < 4.78 is 0. The van der Waals surface area contributed by atoms with E-state index >= 15 is 0 Å². The lowest BCUT2D eigenvalue weighted by Gasteiger charge is -2.15. The Hall–Kier alpha value is -1.87. The van der Waals surface area contributed by atoms with Crippen LogP contribution in [-0.4, -0.2) is 57.0 Å². The summed E-state index contributed by atoms with van der Waals surface area (Å²) in [5.74, 6) is -0.184. The summed E-state index contributed by atoms with van der Waals surface area (Å²) in [6, 6.07) is -1.03. The molecule has 2 rings (SSSR count). The number of aliphatic hydroxyl groups excluding tert-OH is 1. The van der Waals surface area contributed by atoms with E-state index in [4.69, 9.17) is 5.11 Å². The molecule has 1 unspecified atom stereocenters. The average Bonchev–Trinajstić information content (AvgIpc) is 3.07. The van der Waals surface area contributed by atoms with Gasteiger partial charge < -0.3 is 20.7 Å². The monoisotopic (exact) mass is 283 g/mol. The van der Waals surface area contributed by atoms with Crippen molar-refractivity contribution in [3.8, 4) is 0 Å². The molecule has 1 aromatic rings. The molecule has 0 aliphatic carbocycles. The van der Waals surface area contributed by atoms with Crippen LogP contribution in [0.25, 0.3) is 0 Å². The molecule has 0 fully saturated rings. The third kappa shape index (κ3) is 3.55. The van der Waals surface area contributed by atoms with Crippen LogP contribution >= 0.6 is 11.8 Å². The van der Waals surface area contributed by atoms with Crippen LogP contribution in [0.4, 0.5) is 0 Å². The number of carbonyl (C=O) groups excluding carboxylic acids is 2. The first-order valence-electron chi connectivity index (χ1n) is 5.59. The van der Waals surface area contributed by atoms with Crippen LogP contribution < -0.4 is 10.6 Å². The van der Waals surface area contributed by atoms with Crippen molar-refractivity contribution in [1.82, 2.24) is 20.6 Å². The van der Waals surface area contributed by atoms with Crippen LogP contribution in [-0.2, 0) is 4.79 Å². The summed E-state index contributed by atoms with van der Waals surface area (Å²) in [7, 11) is 0. The Kier molecular flexibility index (Phi) is 4.53. The molecule has 1 atom stereocenters. The van der Waals surface area contributed by atoms with Crippen LogP contribution in [0.5, 0.6) is 0 Å². The number of nitrogens with zero attached hydrogens (tertiary/aromatic N) is 2. The number of amidine groups is 1. The molecule has 2 heterocycles. The molecule has 19 heavy (non-hydrogen) atoms. The molecule has 102 valence electrons. The van der Waals surface area contributed by atoms with Crippen LogP contribution in [0.2, 0.25) is 0 Å². The predicted octanol–water partition coefficient (Wildman–Crippen LogP) is -1.28. The molecule has 0 spiro atoms. The highest BCUT2D eigenvalue weighted by molar-refractivity contribution is 8.14. The molecule has 8 nitrogen and oxygen atoms in total. The lowest BCUT2D eigenvalue weighted by Crippen LogP contribution is -2.49. The van der Waals surface area contributed by atoms with Crippen LogP contribution in [0.3, 0.4) is 0 Å². The minimum absolute atomic E-state index is 0.221. The molecule has 0 saturated heterocycles. The Morgan fingerprint density at radius 2 is 2.42 bits per heavy atom. The normalized spacial score (nSPS) is 15.7. The van der Waals surface area contributed by atoms with E-state index in [9.17, 15) is 9.59 Å². The first kappa shape index (κ1) is 13.6. The summed E-state index contributed by atoms with van der Waals surface area (Å²) in [6.07, 6.45) is 2.69. The van der Waals surface area contributed by atoms with Crippen molar-refractivity contribution in [2.24, 2.45) is 4.99 Å². The van der Waals surface area contributed by atoms with Crippen molar-refractivity contribution in [1.29, 1.82) is 0 Å². The zero-order chi connectivity index (χ0) is 13.7. The maximum atomic E-state index is 11.8. The second-order valence-electron chi connectivity index (χ2n) is 3.70. The van der Waals surface area contributed by atoms with Gasteiger partial charge in [0, 0.05) is 5.75 Å². The number of aromatic amines is 1. The number of thioether (sulfide) groups is 1. The summed E-state index contributed by atoms with van der Waals surface area (Å²) in [6.45, 7) is 0.161. The SMILES string of the molecule is O=C(NC(CO)C(=O)NC1=NCCS1)c1cnc[nH]1. The van der Waals surface area contributed by atoms with E-state index in [1.807, 2.05) is 0 Å². The van der Waals surface area contributed by atoms with Crippen molar-refractivity contribution in [2.45, 2.75) is 6.04 Å². The van der Waals surface area contributed by atoms with Gasteiger partial charge in [-0.2, -0.15) is 0 Å². The van der Waals surface area contributed by atoms with Gasteiger partial charge in [0.1, 0.15) is 11.7 Å². The standard InChI is InChI=1S/C10H13N5O3S/c16-4-7(9(18)15-10-12-1-2-19-10)14-8(17)6-3-11-5-13-6/h3,5,7,16H,1-2,4H2,(H,11,13)(H,14,17)(H,12,15,18). The van der Waals surface area contributed by atoms with E-state index in [0.29, 0.717) is 11.7 Å². The van der Waals surface area contributed by atoms with Crippen LogP contribution in [0, 0.1) is 0 Å². The highest BCUT2D eigenvalue weighted by Gasteiger charge is 2.23. The molecule has 2 amide bonds. The Balaban J connectivity index is 1.92. The number of carbonyl (C=O) groups is 2. The molecular formula is C10H13N5O3S. The van der Waals surface area contributed by atoms with Gasteiger partial charge in [-0.15, -0.1) is 0 Å². The molecule has 0 aromatic carbocycles. The molecule has 9 heteroatoms. The Morgan fingerprint density at radius 1 is 1.58 bits per heavy atom. The van der Waals surface area contributed by atoms with E-state index in [0.717, 1.165) is 5.75 Å². The third-order valence-electron chi connectivity index (χ3n) is 2.36. The first-order chi connectivity index (χ1) is 9.20. The molecule has 4 N–H and O–H groups in total. The summed E-state index contributed by atoms with van der Waals surface area (Å²) >= 11 is 1.42. The topological polar surface area (TPSA) is 119 Å². The second-order valence-corrected chi connectivity index (χ2v) is 4.78. The Labute approximate surface area is 113 Å². The van der Waals surface area contributed by atoms with Crippen molar-refractivity contribution in [2.75, 3.05) is 18.9 Å². The third-order valence-corrected chi connectivity index (χ3v) is 3.25. The number of aliphatic imine (C=N–C) groups is 1. The number of amides is 2. The van der Waals surface area contributed by atoms with E-state index in [1.54, 1.807) is 0 Å². The van der Waals surface area contributed by atoms with Gasteiger partial charge in [0.25, 0.3) is 11.8 Å². The number of hydrogen-bond donors (Lipinski definition) is 4. The first-order valence-corrected chi connectivity index (χ1v) is 6.57. The minimum atomic E-state index is -1.03. The number of H-pyrrole nitrogens is 1. The van der Waals surface area contributed by atoms with Gasteiger partial charge in [-0.3, -0.25) is 14.6 Å².